The van der Waals surface area contributed by atoms with Crippen molar-refractivity contribution < 1.29 is 0 Å². The third-order valence-electron chi connectivity index (χ3n) is 8.52. The van der Waals surface area contributed by atoms with Crippen LogP contribution in [0.3, 0.4) is 0 Å². The Morgan fingerprint density at radius 3 is 1.36 bits per heavy atom. The average Bonchev–Trinajstić information content (AvgIpc) is 3.13. The first-order chi connectivity index (χ1) is 22.3. The molecule has 1 aromatic heterocycles. The lowest BCUT2D eigenvalue weighted by molar-refractivity contribution is 1.28. The fourth-order valence-corrected chi connectivity index (χ4v) is 6.26. The van der Waals surface area contributed by atoms with E-state index in [9.17, 15) is 0 Å². The van der Waals surface area contributed by atoms with Gasteiger partial charge in [-0.2, -0.15) is 0 Å². The summed E-state index contributed by atoms with van der Waals surface area (Å²) in [5.74, 6) is 0. The molecular formula is C43H30N2. The van der Waals surface area contributed by atoms with E-state index >= 15 is 0 Å². The summed E-state index contributed by atoms with van der Waals surface area (Å²) in [7, 11) is 0. The van der Waals surface area contributed by atoms with Gasteiger partial charge in [0.05, 0.1) is 5.52 Å². The molecule has 0 saturated heterocycles. The van der Waals surface area contributed by atoms with Gasteiger partial charge < -0.3 is 4.90 Å². The van der Waals surface area contributed by atoms with E-state index in [-0.39, 0.29) is 0 Å². The Kier molecular flexibility index (Phi) is 6.86. The van der Waals surface area contributed by atoms with Gasteiger partial charge in [-0.1, -0.05) is 133 Å². The highest BCUT2D eigenvalue weighted by molar-refractivity contribution is 6.12. The summed E-state index contributed by atoms with van der Waals surface area (Å²) in [5, 5.41) is 3.53. The Hall–Kier alpha value is -5.99. The van der Waals surface area contributed by atoms with E-state index < -0.39 is 0 Å². The van der Waals surface area contributed by atoms with Crippen LogP contribution in [0.1, 0.15) is 0 Å². The van der Waals surface area contributed by atoms with E-state index in [4.69, 9.17) is 4.98 Å². The summed E-state index contributed by atoms with van der Waals surface area (Å²) in [6.07, 6.45) is 1.88. The zero-order chi connectivity index (χ0) is 30.0. The standard InChI is InChI=1S/C43H30N2/c1-3-9-31(10-4-1)33-18-24-38(25-19-33)45(39-26-20-34(21-27-39)32-11-5-2-6-12-32)40-28-22-35(23-29-40)41-15-7-13-36-16-17-37-14-8-30-44-43(37)42(36)41/h1-30H. The maximum atomic E-state index is 4.77. The fraction of sp³-hybridized carbons (Fsp3) is 0. The van der Waals surface area contributed by atoms with Gasteiger partial charge >= 0.3 is 0 Å². The molecule has 0 aliphatic rings. The third kappa shape index (κ3) is 5.13. The minimum Gasteiger partial charge on any atom is -0.311 e. The number of nitrogens with zero attached hydrogens (tertiary/aromatic N) is 2. The predicted molar refractivity (Wildman–Crippen MR) is 190 cm³/mol. The topological polar surface area (TPSA) is 16.1 Å². The maximum absolute atomic E-state index is 4.77. The summed E-state index contributed by atoms with van der Waals surface area (Å²) < 4.78 is 0. The zero-order valence-electron chi connectivity index (χ0n) is 24.7. The number of anilines is 3. The monoisotopic (exact) mass is 574 g/mol. The van der Waals surface area contributed by atoms with Crippen molar-refractivity contribution in [2.45, 2.75) is 0 Å². The van der Waals surface area contributed by atoms with Gasteiger partial charge in [0.15, 0.2) is 0 Å². The van der Waals surface area contributed by atoms with Crippen LogP contribution < -0.4 is 4.90 Å². The highest BCUT2D eigenvalue weighted by Gasteiger charge is 2.15. The van der Waals surface area contributed by atoms with Gasteiger partial charge in [0.1, 0.15) is 0 Å². The molecule has 0 N–H and O–H groups in total. The lowest BCUT2D eigenvalue weighted by Crippen LogP contribution is -2.09. The third-order valence-corrected chi connectivity index (χ3v) is 8.52. The summed E-state index contributed by atoms with van der Waals surface area (Å²) in [4.78, 5) is 7.10. The summed E-state index contributed by atoms with van der Waals surface area (Å²) in [6, 6.07) is 62.6. The van der Waals surface area contributed by atoms with Crippen molar-refractivity contribution in [1.82, 2.24) is 4.98 Å². The Bertz CT molecular complexity index is 2140. The van der Waals surface area contributed by atoms with Gasteiger partial charge in [-0.15, -0.1) is 0 Å². The Balaban J connectivity index is 1.21. The number of hydrogen-bond acceptors (Lipinski definition) is 2. The second-order valence-electron chi connectivity index (χ2n) is 11.3. The maximum Gasteiger partial charge on any atom is 0.0786 e. The van der Waals surface area contributed by atoms with Crippen molar-refractivity contribution in [1.29, 1.82) is 0 Å². The molecule has 2 nitrogen and oxygen atoms in total. The first kappa shape index (κ1) is 26.6. The van der Waals surface area contributed by atoms with Crippen molar-refractivity contribution in [3.63, 3.8) is 0 Å². The molecule has 0 atom stereocenters. The molecule has 8 rings (SSSR count). The van der Waals surface area contributed by atoms with Crippen LogP contribution in [0, 0.1) is 0 Å². The van der Waals surface area contributed by atoms with Crippen molar-refractivity contribution in [2.24, 2.45) is 0 Å². The second-order valence-corrected chi connectivity index (χ2v) is 11.3. The molecule has 8 aromatic rings. The van der Waals surface area contributed by atoms with E-state index in [1.807, 2.05) is 12.3 Å². The first-order valence-corrected chi connectivity index (χ1v) is 15.3. The smallest absolute Gasteiger partial charge is 0.0786 e. The lowest BCUT2D eigenvalue weighted by atomic mass is 9.96. The molecule has 0 amide bonds. The van der Waals surface area contributed by atoms with Crippen molar-refractivity contribution in [2.75, 3.05) is 4.90 Å². The van der Waals surface area contributed by atoms with Crippen LogP contribution in [0.5, 0.6) is 0 Å². The van der Waals surface area contributed by atoms with Gasteiger partial charge in [-0.25, -0.2) is 0 Å². The van der Waals surface area contributed by atoms with Crippen molar-refractivity contribution >= 4 is 38.7 Å². The van der Waals surface area contributed by atoms with E-state index in [1.165, 1.54) is 44.2 Å². The zero-order valence-corrected chi connectivity index (χ0v) is 24.7. The van der Waals surface area contributed by atoms with Crippen LogP contribution in [-0.4, -0.2) is 4.98 Å². The van der Waals surface area contributed by atoms with E-state index in [2.05, 4.69) is 175 Å². The molecule has 0 fully saturated rings. The Morgan fingerprint density at radius 2 is 0.800 bits per heavy atom. The van der Waals surface area contributed by atoms with E-state index in [0.29, 0.717) is 0 Å². The van der Waals surface area contributed by atoms with Crippen LogP contribution >= 0.6 is 0 Å². The van der Waals surface area contributed by atoms with E-state index in [1.54, 1.807) is 0 Å². The molecule has 0 aliphatic heterocycles. The van der Waals surface area contributed by atoms with Gasteiger partial charge in [-0.3, -0.25) is 4.98 Å². The molecule has 0 saturated carbocycles. The summed E-state index contributed by atoms with van der Waals surface area (Å²) >= 11 is 0. The predicted octanol–water partition coefficient (Wildman–Crippen LogP) is 11.9. The summed E-state index contributed by atoms with van der Waals surface area (Å²) in [5.41, 5.74) is 11.5. The van der Waals surface area contributed by atoms with E-state index in [0.717, 1.165) is 28.0 Å². The SMILES string of the molecule is c1ccc(-c2ccc(N(c3ccc(-c4ccccc4)cc3)c3ccc(-c4cccc5ccc6cccnc6c45)cc3)cc2)cc1. The van der Waals surface area contributed by atoms with Gasteiger partial charge in [0, 0.05) is 34.0 Å². The molecule has 0 aliphatic carbocycles. The molecular weight excluding hydrogens is 544 g/mol. The van der Waals surface area contributed by atoms with Gasteiger partial charge in [-0.05, 0) is 81.2 Å². The molecule has 0 unspecified atom stereocenters. The minimum absolute atomic E-state index is 1.04. The highest BCUT2D eigenvalue weighted by atomic mass is 15.1. The normalized spacial score (nSPS) is 11.1. The minimum atomic E-state index is 1.04. The number of aromatic nitrogens is 1. The first-order valence-electron chi connectivity index (χ1n) is 15.3. The molecule has 2 heteroatoms. The molecule has 1 heterocycles. The Labute approximate surface area is 263 Å². The van der Waals surface area contributed by atoms with Gasteiger partial charge in [0.25, 0.3) is 0 Å². The van der Waals surface area contributed by atoms with Gasteiger partial charge in [0.2, 0.25) is 0 Å². The number of benzene rings is 7. The molecule has 0 radical (unpaired) electrons. The number of fused-ring (bicyclic) bond motifs is 3. The summed E-state index contributed by atoms with van der Waals surface area (Å²) in [6.45, 7) is 0. The second kappa shape index (κ2) is 11.6. The largest absolute Gasteiger partial charge is 0.311 e. The van der Waals surface area contributed by atoms with Crippen LogP contribution in [0.25, 0.3) is 55.1 Å². The molecule has 0 bridgehead atoms. The van der Waals surface area contributed by atoms with Crippen LogP contribution in [0.15, 0.2) is 182 Å². The lowest BCUT2D eigenvalue weighted by Gasteiger charge is -2.26. The Morgan fingerprint density at radius 1 is 0.333 bits per heavy atom. The molecule has 45 heavy (non-hydrogen) atoms. The number of pyridine rings is 1. The van der Waals surface area contributed by atoms with Crippen molar-refractivity contribution in [3.8, 4) is 33.4 Å². The molecule has 212 valence electrons. The number of hydrogen-bond donors (Lipinski definition) is 0. The molecule has 0 spiro atoms. The van der Waals surface area contributed by atoms with Crippen LogP contribution in [-0.2, 0) is 0 Å². The van der Waals surface area contributed by atoms with Crippen LogP contribution in [0.4, 0.5) is 17.1 Å². The van der Waals surface area contributed by atoms with Crippen LogP contribution in [0.2, 0.25) is 0 Å². The number of rotatable bonds is 6. The quantitative estimate of drug-likeness (QED) is 0.184. The van der Waals surface area contributed by atoms with Crippen molar-refractivity contribution in [3.05, 3.63) is 182 Å². The highest BCUT2D eigenvalue weighted by Crippen LogP contribution is 2.39. The average molecular weight is 575 g/mol. The fourth-order valence-electron chi connectivity index (χ4n) is 6.26. The molecule has 7 aromatic carbocycles.